The first-order valence-corrected chi connectivity index (χ1v) is 64.1. The molecule has 42 heteroatoms. The summed E-state index contributed by atoms with van der Waals surface area (Å²) in [6.45, 7) is 33.7. The molecule has 0 aliphatic heterocycles. The van der Waals surface area contributed by atoms with Crippen LogP contribution in [0.5, 0.6) is 57.5 Å². The second-order valence-electron chi connectivity index (χ2n) is 35.5. The Hall–Kier alpha value is -6.96. The molecule has 2 unspecified atom stereocenters. The summed E-state index contributed by atoms with van der Waals surface area (Å²) in [5.41, 5.74) is 0. The van der Waals surface area contributed by atoms with Gasteiger partial charge in [0.1, 0.15) is 48.4 Å². The molecule has 0 bridgehead atoms. The standard InChI is InChI=1S/C22H27Cl3O6S2.C22H28Cl2O6S2.3C21H26Cl2O4S/c1-4-32(26,27)14-16(3)13-31-22-20(24)9-19(10-21(22)25)33(28,29)18-7-5-17(6-8-18)30-12-15(2)11-23;1-4-6-11-29-22-20(23)12-19(13-21(22)24)32(27,28)18-9-7-17(8-10-18)30-14-16(3)15-31(25,26)5-2;3*1-4-6-11-26-21-19(22)12-18(13-20(21)23)28(24,25)17-9-7-16(8-10-17)27-14-15(3)5-2/h5-10,15-16H,4,11-14H2,1-3H3;7-10,12-13,16H,4-6,11,14-15H2,1-3H3;3*7-10,12-13,15H,4-6,11,14H2,1-3H3/t15-,16-;;2*15-;/m0.10./s1. The van der Waals surface area contributed by atoms with E-state index in [-0.39, 0.29) is 165 Å². The third-order valence-corrected chi connectivity index (χ3v) is 38.5. The van der Waals surface area contributed by atoms with Crippen LogP contribution in [0.25, 0.3) is 0 Å². The SMILES string of the molecule is CCCCOc1c(Cl)cc(S(=O)(=O)c2ccc(OCC(C)CC)cc2)cc1Cl.CCCCOc1c(Cl)cc(S(=O)(=O)c2ccc(OCC(C)CS(=O)(=O)CC)cc2)cc1Cl.CCCCOc1c(Cl)cc(S(=O)(=O)c2ccc(OC[C@@H](C)CC)cc2)cc1Cl.CCCCOc1c(Cl)cc(S(=O)(=O)c2ccc(OC[C@H](C)CC)cc2)cc1Cl.CCS(=O)(=O)C[C@@H](C)COc1c(Cl)cc(S(=O)(=O)c2ccc(OC[C@@H](C)CCl)cc2)cc1Cl. The molecule has 0 amide bonds. The van der Waals surface area contributed by atoms with Crippen molar-refractivity contribution >= 4 is 196 Å². The van der Waals surface area contributed by atoms with Gasteiger partial charge in [0.25, 0.3) is 0 Å². The Balaban J connectivity index is 0.000000285. The molecule has 0 saturated heterocycles. The normalized spacial score (nSPS) is 13.0. The molecule has 149 heavy (non-hydrogen) atoms. The maximum Gasteiger partial charge on any atom is 0.206 e. The van der Waals surface area contributed by atoms with Crippen LogP contribution in [0.3, 0.4) is 0 Å². The van der Waals surface area contributed by atoms with Gasteiger partial charge in [0.2, 0.25) is 49.2 Å². The largest absolute Gasteiger partial charge is 0.493 e. The van der Waals surface area contributed by atoms with Crippen molar-refractivity contribution in [2.75, 3.05) is 95.0 Å². The number of hydrogen-bond donors (Lipinski definition) is 0. The zero-order chi connectivity index (χ0) is 111. The fourth-order valence-corrected chi connectivity index (χ4v) is 25.4. The van der Waals surface area contributed by atoms with E-state index in [1.807, 2.05) is 34.6 Å². The lowest BCUT2D eigenvalue weighted by Gasteiger charge is -2.16. The van der Waals surface area contributed by atoms with Crippen molar-refractivity contribution in [3.05, 3.63) is 232 Å². The highest BCUT2D eigenvalue weighted by atomic mass is 35.5. The molecule has 0 radical (unpaired) electrons. The van der Waals surface area contributed by atoms with Gasteiger partial charge in [-0.1, -0.05) is 265 Å². The van der Waals surface area contributed by atoms with Gasteiger partial charge >= 0.3 is 0 Å². The van der Waals surface area contributed by atoms with Crippen LogP contribution in [0, 0.1) is 35.5 Å². The third kappa shape index (κ3) is 41.3. The van der Waals surface area contributed by atoms with E-state index < -0.39 is 68.9 Å². The van der Waals surface area contributed by atoms with Crippen molar-refractivity contribution in [2.24, 2.45) is 35.5 Å². The Morgan fingerprint density at radius 2 is 0.376 bits per heavy atom. The van der Waals surface area contributed by atoms with Crippen LogP contribution >= 0.6 is 128 Å². The summed E-state index contributed by atoms with van der Waals surface area (Å²) in [6, 6.07) is 44.4. The van der Waals surface area contributed by atoms with Crippen LogP contribution in [-0.4, -0.2) is 154 Å². The first kappa shape index (κ1) is 131. The Kier molecular flexibility index (Phi) is 55.5. The molecule has 24 nitrogen and oxygen atoms in total. The van der Waals surface area contributed by atoms with Crippen molar-refractivity contribution in [3.8, 4) is 57.5 Å². The Bertz CT molecular complexity index is 6320. The molecule has 0 fully saturated rings. The van der Waals surface area contributed by atoms with Gasteiger partial charge in [0.15, 0.2) is 28.7 Å². The quantitative estimate of drug-likeness (QED) is 0.0252. The topological polar surface area (TPSA) is 331 Å². The van der Waals surface area contributed by atoms with Crippen molar-refractivity contribution in [1.29, 1.82) is 0 Å². The van der Waals surface area contributed by atoms with Crippen molar-refractivity contribution in [1.82, 2.24) is 0 Å². The highest BCUT2D eigenvalue weighted by molar-refractivity contribution is 7.93. The summed E-state index contributed by atoms with van der Waals surface area (Å²) >= 11 is 68.1. The molecule has 0 spiro atoms. The van der Waals surface area contributed by atoms with Crippen molar-refractivity contribution < 1.29 is 106 Å². The van der Waals surface area contributed by atoms with Crippen LogP contribution in [0.15, 0.2) is 231 Å². The summed E-state index contributed by atoms with van der Waals surface area (Å²) in [6.07, 6.45) is 10.3. The molecular formula is C107H133Cl11O24S7. The Labute approximate surface area is 937 Å². The molecule has 0 aromatic heterocycles. The van der Waals surface area contributed by atoms with Gasteiger partial charge in [-0.25, -0.2) is 58.9 Å². The molecular weight excluding hydrogens is 2280 g/mol. The minimum Gasteiger partial charge on any atom is -0.493 e. The smallest absolute Gasteiger partial charge is 0.206 e. The highest BCUT2D eigenvalue weighted by Gasteiger charge is 2.30. The molecule has 10 aromatic carbocycles. The van der Waals surface area contributed by atoms with E-state index in [0.717, 1.165) is 70.6 Å². The summed E-state index contributed by atoms with van der Waals surface area (Å²) in [5, 5.41) is 1.35. The van der Waals surface area contributed by atoms with Crippen LogP contribution < -0.4 is 47.4 Å². The van der Waals surface area contributed by atoms with E-state index in [2.05, 4.69) is 41.5 Å². The highest BCUT2D eigenvalue weighted by Crippen LogP contribution is 2.44. The predicted molar refractivity (Wildman–Crippen MR) is 602 cm³/mol. The average molecular weight is 2420 g/mol. The van der Waals surface area contributed by atoms with E-state index in [9.17, 15) is 58.9 Å². The van der Waals surface area contributed by atoms with E-state index in [1.165, 1.54) is 133 Å². The van der Waals surface area contributed by atoms with Gasteiger partial charge in [-0.3, -0.25) is 0 Å². The zero-order valence-corrected chi connectivity index (χ0v) is 100. The second kappa shape index (κ2) is 63.3. The number of rotatable bonds is 54. The molecule has 0 saturated carbocycles. The fourth-order valence-electron chi connectivity index (χ4n) is 12.7. The lowest BCUT2D eigenvalue weighted by molar-refractivity contribution is 0.256. The number of halogens is 11. The Morgan fingerprint density at radius 3 is 0.537 bits per heavy atom. The molecule has 0 heterocycles. The van der Waals surface area contributed by atoms with Gasteiger partial charge in [0.05, 0.1) is 177 Å². The predicted octanol–water partition coefficient (Wildman–Crippen LogP) is 30.3. The lowest BCUT2D eigenvalue weighted by Crippen LogP contribution is -2.21. The van der Waals surface area contributed by atoms with Gasteiger partial charge in [0, 0.05) is 35.1 Å². The fraction of sp³-hybridized carbons (Fsp3) is 0.439. The average Bonchev–Trinajstić information content (AvgIpc) is 0.798. The minimum atomic E-state index is -3.89. The van der Waals surface area contributed by atoms with Crippen LogP contribution in [0.1, 0.15) is 174 Å². The maximum absolute atomic E-state index is 13.0. The minimum absolute atomic E-state index is 0.0154. The van der Waals surface area contributed by atoms with Crippen LogP contribution in [-0.2, 0) is 68.9 Å². The molecule has 0 aliphatic rings. The van der Waals surface area contributed by atoms with E-state index in [0.29, 0.717) is 122 Å². The summed E-state index contributed by atoms with van der Waals surface area (Å²) in [5.74, 6) is 5.78. The number of sulfone groups is 7. The second-order valence-corrected chi connectivity index (χ2v) is 54.5. The first-order chi connectivity index (χ1) is 70.3. The summed E-state index contributed by atoms with van der Waals surface area (Å²) in [7, 11) is -25.3. The molecule has 10 aromatic rings. The number of unbranched alkanes of at least 4 members (excludes halogenated alkanes) is 4. The van der Waals surface area contributed by atoms with Crippen molar-refractivity contribution in [3.63, 3.8) is 0 Å². The Morgan fingerprint density at radius 1 is 0.215 bits per heavy atom. The first-order valence-electron chi connectivity index (χ1n) is 48.7. The van der Waals surface area contributed by atoms with E-state index >= 15 is 0 Å². The van der Waals surface area contributed by atoms with Crippen molar-refractivity contribution in [2.45, 2.75) is 223 Å². The molecule has 0 aliphatic carbocycles. The molecule has 824 valence electrons. The summed E-state index contributed by atoms with van der Waals surface area (Å²) < 4.78 is 233. The summed E-state index contributed by atoms with van der Waals surface area (Å²) in [4.78, 5) is 0.507. The van der Waals surface area contributed by atoms with Gasteiger partial charge < -0.3 is 47.4 Å². The van der Waals surface area contributed by atoms with Crippen LogP contribution in [0.2, 0.25) is 50.2 Å². The molecule has 10 rings (SSSR count). The van der Waals surface area contributed by atoms with E-state index in [4.69, 9.17) is 175 Å². The van der Waals surface area contributed by atoms with E-state index in [1.54, 1.807) is 76.2 Å². The molecule has 6 atom stereocenters. The number of alkyl halides is 1. The van der Waals surface area contributed by atoms with Gasteiger partial charge in [-0.2, -0.15) is 0 Å². The number of ether oxygens (including phenoxy) is 10. The third-order valence-electron chi connectivity index (χ3n) is 22.6. The monoisotopic (exact) mass is 2410 g/mol. The number of hydrogen-bond acceptors (Lipinski definition) is 24. The molecule has 0 N–H and O–H groups in total. The van der Waals surface area contributed by atoms with Crippen LogP contribution in [0.4, 0.5) is 0 Å². The van der Waals surface area contributed by atoms with Gasteiger partial charge in [-0.15, -0.1) is 11.6 Å². The maximum atomic E-state index is 13.0. The van der Waals surface area contributed by atoms with Gasteiger partial charge in [-0.05, 0) is 225 Å². The zero-order valence-electron chi connectivity index (χ0n) is 86.0. The number of benzene rings is 10. The lowest BCUT2D eigenvalue weighted by atomic mass is 10.1.